The maximum Gasteiger partial charge on any atom is 0.337 e. The zero-order chi connectivity index (χ0) is 20.4. The lowest BCUT2D eigenvalue weighted by Gasteiger charge is -2.48. The lowest BCUT2D eigenvalue weighted by Crippen LogP contribution is -2.50. The van der Waals surface area contributed by atoms with E-state index in [1.807, 2.05) is 31.2 Å². The Kier molecular flexibility index (Phi) is 5.49. The summed E-state index contributed by atoms with van der Waals surface area (Å²) in [5, 5.41) is 19.6. The Balaban J connectivity index is 1.97. The van der Waals surface area contributed by atoms with E-state index in [0.717, 1.165) is 17.5 Å². The minimum atomic E-state index is -1.02. The molecule has 2 unspecified atom stereocenters. The summed E-state index contributed by atoms with van der Waals surface area (Å²) >= 11 is 0. The van der Waals surface area contributed by atoms with Crippen molar-refractivity contribution in [2.75, 3.05) is 7.11 Å². The number of hydrogen-bond acceptors (Lipinski definition) is 4. The molecule has 1 aliphatic carbocycles. The molecule has 0 bridgehead atoms. The van der Waals surface area contributed by atoms with Gasteiger partial charge in [-0.15, -0.1) is 0 Å². The molecular formula is C22H22O6. The van der Waals surface area contributed by atoms with E-state index in [2.05, 4.69) is 4.74 Å². The Morgan fingerprint density at radius 3 is 1.61 bits per heavy atom. The number of carbonyl (C=O) groups excluding carboxylic acids is 1. The van der Waals surface area contributed by atoms with Gasteiger partial charge >= 0.3 is 17.9 Å². The first-order chi connectivity index (χ1) is 13.4. The van der Waals surface area contributed by atoms with Crippen molar-refractivity contribution in [1.29, 1.82) is 0 Å². The lowest BCUT2D eigenvalue weighted by atomic mass is 9.52. The van der Waals surface area contributed by atoms with Crippen LogP contribution in [0.2, 0.25) is 0 Å². The van der Waals surface area contributed by atoms with Crippen LogP contribution in [0.1, 0.15) is 45.8 Å². The molecule has 0 aliphatic heterocycles. The maximum absolute atomic E-state index is 12.0. The third kappa shape index (κ3) is 3.38. The molecular weight excluding hydrogens is 360 g/mol. The highest BCUT2D eigenvalue weighted by Gasteiger charge is 2.58. The van der Waals surface area contributed by atoms with Gasteiger partial charge in [-0.1, -0.05) is 43.3 Å². The van der Waals surface area contributed by atoms with Gasteiger partial charge in [0.25, 0.3) is 0 Å². The summed E-state index contributed by atoms with van der Waals surface area (Å²) in [5.41, 5.74) is 2.75. The lowest BCUT2D eigenvalue weighted by molar-refractivity contribution is -0.159. The van der Waals surface area contributed by atoms with Crippen LogP contribution in [0.15, 0.2) is 48.5 Å². The highest BCUT2D eigenvalue weighted by atomic mass is 16.5. The van der Waals surface area contributed by atoms with Crippen LogP contribution in [0.4, 0.5) is 0 Å². The standard InChI is InChI=1S/C22H22O6/c1-3-12-4-6-13(7-5-12)16-18(20(23)24)17(19(16)21(25)26)14-8-10-15(11-9-14)22(27)28-2/h4-11,16-19H,3H2,1-2H3,(H,23,24)(H,25,26). The molecule has 2 aromatic rings. The summed E-state index contributed by atoms with van der Waals surface area (Å²) in [6.07, 6.45) is 0.852. The van der Waals surface area contributed by atoms with Crippen molar-refractivity contribution in [2.45, 2.75) is 25.2 Å². The number of methoxy groups -OCH3 is 1. The van der Waals surface area contributed by atoms with Crippen LogP contribution in [0.3, 0.4) is 0 Å². The molecule has 0 heterocycles. The highest BCUT2D eigenvalue weighted by molar-refractivity contribution is 5.89. The number of esters is 1. The van der Waals surface area contributed by atoms with Gasteiger partial charge in [-0.3, -0.25) is 9.59 Å². The van der Waals surface area contributed by atoms with Crippen LogP contribution in [-0.2, 0) is 20.7 Å². The molecule has 2 atom stereocenters. The zero-order valence-electron chi connectivity index (χ0n) is 15.7. The number of benzene rings is 2. The van der Waals surface area contributed by atoms with Crippen molar-refractivity contribution < 1.29 is 29.3 Å². The predicted molar refractivity (Wildman–Crippen MR) is 101 cm³/mol. The van der Waals surface area contributed by atoms with Crippen molar-refractivity contribution in [3.8, 4) is 0 Å². The molecule has 1 fully saturated rings. The maximum atomic E-state index is 12.0. The second-order valence-corrected chi connectivity index (χ2v) is 6.99. The average Bonchev–Trinajstić information content (AvgIpc) is 2.67. The van der Waals surface area contributed by atoms with Crippen molar-refractivity contribution in [3.05, 3.63) is 70.8 Å². The van der Waals surface area contributed by atoms with Gasteiger partial charge in [-0.25, -0.2) is 4.79 Å². The van der Waals surface area contributed by atoms with E-state index in [0.29, 0.717) is 11.1 Å². The Bertz CT molecular complexity index is 862. The molecule has 28 heavy (non-hydrogen) atoms. The van der Waals surface area contributed by atoms with E-state index in [1.54, 1.807) is 12.1 Å². The average molecular weight is 382 g/mol. The molecule has 0 radical (unpaired) electrons. The monoisotopic (exact) mass is 382 g/mol. The van der Waals surface area contributed by atoms with Crippen LogP contribution in [0, 0.1) is 11.8 Å². The number of carbonyl (C=O) groups is 3. The van der Waals surface area contributed by atoms with E-state index in [-0.39, 0.29) is 0 Å². The third-order valence-electron chi connectivity index (χ3n) is 5.61. The predicted octanol–water partition coefficient (Wildman–Crippen LogP) is 3.32. The minimum Gasteiger partial charge on any atom is -0.481 e. The van der Waals surface area contributed by atoms with E-state index in [9.17, 15) is 24.6 Å². The molecule has 0 saturated heterocycles. The van der Waals surface area contributed by atoms with Gasteiger partial charge in [0.1, 0.15) is 0 Å². The molecule has 2 aromatic carbocycles. The number of ether oxygens (including phenoxy) is 1. The van der Waals surface area contributed by atoms with Crippen LogP contribution >= 0.6 is 0 Å². The summed E-state index contributed by atoms with van der Waals surface area (Å²) < 4.78 is 4.66. The molecule has 6 nitrogen and oxygen atoms in total. The topological polar surface area (TPSA) is 101 Å². The van der Waals surface area contributed by atoms with Gasteiger partial charge < -0.3 is 14.9 Å². The molecule has 1 aliphatic rings. The molecule has 2 N–H and O–H groups in total. The Labute approximate surface area is 162 Å². The Morgan fingerprint density at radius 2 is 1.25 bits per heavy atom. The van der Waals surface area contributed by atoms with Crippen LogP contribution in [0.5, 0.6) is 0 Å². The SMILES string of the molecule is CCc1ccc(C2C(C(=O)O)C(c3ccc(C(=O)OC)cc3)C2C(=O)O)cc1. The third-order valence-corrected chi connectivity index (χ3v) is 5.61. The van der Waals surface area contributed by atoms with Gasteiger partial charge in [0.15, 0.2) is 0 Å². The fraction of sp³-hybridized carbons (Fsp3) is 0.318. The van der Waals surface area contributed by atoms with Crippen LogP contribution in [-0.4, -0.2) is 35.2 Å². The number of rotatable bonds is 6. The molecule has 146 valence electrons. The number of hydrogen-bond donors (Lipinski definition) is 2. The normalized spacial score (nSPS) is 23.5. The van der Waals surface area contributed by atoms with Gasteiger partial charge in [0.05, 0.1) is 24.5 Å². The molecule has 6 heteroatoms. The molecule has 3 rings (SSSR count). The molecule has 0 amide bonds. The summed E-state index contributed by atoms with van der Waals surface area (Å²) in [5.74, 6) is -5.52. The van der Waals surface area contributed by atoms with E-state index < -0.39 is 41.6 Å². The van der Waals surface area contributed by atoms with Crippen molar-refractivity contribution in [2.24, 2.45) is 11.8 Å². The highest BCUT2D eigenvalue weighted by Crippen LogP contribution is 2.57. The Morgan fingerprint density at radius 1 is 0.821 bits per heavy atom. The fourth-order valence-corrected chi connectivity index (χ4v) is 4.13. The van der Waals surface area contributed by atoms with E-state index in [1.165, 1.54) is 19.2 Å². The van der Waals surface area contributed by atoms with Crippen molar-refractivity contribution >= 4 is 17.9 Å². The largest absolute Gasteiger partial charge is 0.481 e. The van der Waals surface area contributed by atoms with Gasteiger partial charge in [0.2, 0.25) is 0 Å². The molecule has 0 aromatic heterocycles. The zero-order valence-corrected chi connectivity index (χ0v) is 15.7. The Hall–Kier alpha value is -3.15. The first-order valence-corrected chi connectivity index (χ1v) is 9.11. The first kappa shape index (κ1) is 19.6. The molecule has 1 saturated carbocycles. The summed E-state index contributed by atoms with van der Waals surface area (Å²) in [6.45, 7) is 2.02. The number of aliphatic carboxylic acids is 2. The van der Waals surface area contributed by atoms with Gasteiger partial charge in [-0.2, -0.15) is 0 Å². The van der Waals surface area contributed by atoms with Crippen molar-refractivity contribution in [3.63, 3.8) is 0 Å². The van der Waals surface area contributed by atoms with E-state index >= 15 is 0 Å². The fourth-order valence-electron chi connectivity index (χ4n) is 4.13. The second-order valence-electron chi connectivity index (χ2n) is 6.99. The number of carboxylic acid groups (broad SMARTS) is 2. The van der Waals surface area contributed by atoms with Crippen LogP contribution < -0.4 is 0 Å². The summed E-state index contributed by atoms with van der Waals surface area (Å²) in [4.78, 5) is 35.6. The minimum absolute atomic E-state index is 0.330. The second kappa shape index (κ2) is 7.84. The van der Waals surface area contributed by atoms with E-state index in [4.69, 9.17) is 0 Å². The van der Waals surface area contributed by atoms with Crippen LogP contribution in [0.25, 0.3) is 0 Å². The summed E-state index contributed by atoms with van der Waals surface area (Å²) in [6, 6.07) is 13.7. The van der Waals surface area contributed by atoms with Crippen molar-refractivity contribution in [1.82, 2.24) is 0 Å². The summed E-state index contributed by atoms with van der Waals surface area (Å²) in [7, 11) is 1.28. The number of aryl methyl sites for hydroxylation is 1. The van der Waals surface area contributed by atoms with Gasteiger partial charge in [0, 0.05) is 11.8 Å². The first-order valence-electron chi connectivity index (χ1n) is 9.11. The molecule has 0 spiro atoms. The number of carboxylic acids is 2. The van der Waals surface area contributed by atoms with Gasteiger partial charge in [-0.05, 0) is 35.2 Å². The smallest absolute Gasteiger partial charge is 0.337 e. The quantitative estimate of drug-likeness (QED) is 0.744.